The van der Waals surface area contributed by atoms with E-state index < -0.39 is 10.0 Å². The molecule has 0 saturated heterocycles. The lowest BCUT2D eigenvalue weighted by molar-refractivity contribution is 0.0981. The largest absolute Gasteiger partial charge is 0.305 e. The van der Waals surface area contributed by atoms with Crippen molar-refractivity contribution in [2.24, 2.45) is 0 Å². The van der Waals surface area contributed by atoms with Crippen LogP contribution in [0.1, 0.15) is 22.8 Å². The minimum atomic E-state index is -3.49. The van der Waals surface area contributed by atoms with Crippen molar-refractivity contribution in [3.63, 3.8) is 0 Å². The first-order chi connectivity index (χ1) is 11.3. The number of amides is 1. The SMILES string of the molecule is C[C@H]1Cc2ccccc2N1C(=O)c1ccc(S(=O)(=O)N(C)C)cc1. The van der Waals surface area contributed by atoms with E-state index in [1.54, 1.807) is 17.0 Å². The Kier molecular flexibility index (Phi) is 4.19. The van der Waals surface area contributed by atoms with Gasteiger partial charge in [-0.15, -0.1) is 0 Å². The van der Waals surface area contributed by atoms with Crippen molar-refractivity contribution in [3.05, 3.63) is 59.7 Å². The maximum Gasteiger partial charge on any atom is 0.258 e. The summed E-state index contributed by atoms with van der Waals surface area (Å²) >= 11 is 0. The van der Waals surface area contributed by atoms with Crippen LogP contribution >= 0.6 is 0 Å². The van der Waals surface area contributed by atoms with Crippen LogP contribution in [0.3, 0.4) is 0 Å². The number of nitrogens with zero attached hydrogens (tertiary/aromatic N) is 2. The van der Waals surface area contributed by atoms with Crippen LogP contribution in [0.2, 0.25) is 0 Å². The normalized spacial score (nSPS) is 17.2. The molecule has 126 valence electrons. The highest BCUT2D eigenvalue weighted by molar-refractivity contribution is 7.89. The average Bonchev–Trinajstić information content (AvgIpc) is 2.90. The number of hydrogen-bond acceptors (Lipinski definition) is 3. The van der Waals surface area contributed by atoms with Gasteiger partial charge in [-0.05, 0) is 49.2 Å². The average molecular weight is 344 g/mol. The molecule has 1 aliphatic rings. The predicted molar refractivity (Wildman–Crippen MR) is 93.7 cm³/mol. The second-order valence-electron chi connectivity index (χ2n) is 6.17. The Morgan fingerprint density at radius 3 is 2.33 bits per heavy atom. The highest BCUT2D eigenvalue weighted by Gasteiger charge is 2.31. The summed E-state index contributed by atoms with van der Waals surface area (Å²) in [5, 5.41) is 0. The molecule has 2 aromatic carbocycles. The van der Waals surface area contributed by atoms with Crippen LogP contribution in [-0.4, -0.2) is 38.8 Å². The molecule has 0 unspecified atom stereocenters. The van der Waals surface area contributed by atoms with Gasteiger partial charge in [-0.3, -0.25) is 4.79 Å². The van der Waals surface area contributed by atoms with Gasteiger partial charge in [0.15, 0.2) is 0 Å². The first-order valence-corrected chi connectivity index (χ1v) is 9.20. The van der Waals surface area contributed by atoms with E-state index in [4.69, 9.17) is 0 Å². The molecule has 5 nitrogen and oxygen atoms in total. The number of hydrogen-bond donors (Lipinski definition) is 0. The Bertz CT molecular complexity index is 873. The third kappa shape index (κ3) is 2.72. The standard InChI is InChI=1S/C18H20N2O3S/c1-13-12-15-6-4-5-7-17(15)20(13)18(21)14-8-10-16(11-9-14)24(22,23)19(2)3/h4-11,13H,12H2,1-3H3/t13-/m0/s1. The quantitative estimate of drug-likeness (QED) is 0.860. The highest BCUT2D eigenvalue weighted by atomic mass is 32.2. The summed E-state index contributed by atoms with van der Waals surface area (Å²) in [6.45, 7) is 2.02. The van der Waals surface area contributed by atoms with Crippen molar-refractivity contribution >= 4 is 21.6 Å². The third-order valence-corrected chi connectivity index (χ3v) is 6.14. The van der Waals surface area contributed by atoms with Crippen molar-refractivity contribution in [3.8, 4) is 0 Å². The second kappa shape index (κ2) is 6.03. The molecule has 0 saturated carbocycles. The number of carbonyl (C=O) groups excluding carboxylic acids is 1. The zero-order valence-corrected chi connectivity index (χ0v) is 14.7. The molecule has 0 aromatic heterocycles. The molecule has 1 aliphatic heterocycles. The molecule has 1 amide bonds. The van der Waals surface area contributed by atoms with Gasteiger partial charge in [0.1, 0.15) is 0 Å². The number of anilines is 1. The Balaban J connectivity index is 1.92. The van der Waals surface area contributed by atoms with E-state index in [2.05, 4.69) is 0 Å². The van der Waals surface area contributed by atoms with Crippen LogP contribution < -0.4 is 4.90 Å². The lowest BCUT2D eigenvalue weighted by Crippen LogP contribution is -2.35. The van der Waals surface area contributed by atoms with Gasteiger partial charge in [-0.2, -0.15) is 0 Å². The Morgan fingerprint density at radius 2 is 1.71 bits per heavy atom. The van der Waals surface area contributed by atoms with E-state index in [0.717, 1.165) is 22.0 Å². The number of para-hydroxylation sites is 1. The van der Waals surface area contributed by atoms with Crippen LogP contribution in [-0.2, 0) is 16.4 Å². The molecule has 0 aliphatic carbocycles. The summed E-state index contributed by atoms with van der Waals surface area (Å²) in [4.78, 5) is 14.8. The minimum Gasteiger partial charge on any atom is -0.305 e. The Hall–Kier alpha value is -2.18. The van der Waals surface area contributed by atoms with Crippen molar-refractivity contribution in [2.45, 2.75) is 24.3 Å². The van der Waals surface area contributed by atoms with Gasteiger partial charge >= 0.3 is 0 Å². The van der Waals surface area contributed by atoms with E-state index >= 15 is 0 Å². The summed E-state index contributed by atoms with van der Waals surface area (Å²) in [6.07, 6.45) is 0.828. The van der Waals surface area contributed by atoms with Gasteiger partial charge in [-0.25, -0.2) is 12.7 Å². The molecule has 3 rings (SSSR count). The predicted octanol–water partition coefficient (Wildman–Crippen LogP) is 2.53. The molecule has 0 radical (unpaired) electrons. The number of rotatable bonds is 3. The van der Waals surface area contributed by atoms with Crippen LogP contribution in [0, 0.1) is 0 Å². The van der Waals surface area contributed by atoms with E-state index in [-0.39, 0.29) is 16.8 Å². The van der Waals surface area contributed by atoms with Crippen molar-refractivity contribution in [2.75, 3.05) is 19.0 Å². The second-order valence-corrected chi connectivity index (χ2v) is 8.32. The first-order valence-electron chi connectivity index (χ1n) is 7.76. The fourth-order valence-electron chi connectivity index (χ4n) is 2.99. The topological polar surface area (TPSA) is 57.7 Å². The summed E-state index contributed by atoms with van der Waals surface area (Å²) in [7, 11) is -0.523. The van der Waals surface area contributed by atoms with Gasteiger partial charge in [0.25, 0.3) is 5.91 Å². The minimum absolute atomic E-state index is 0.0834. The van der Waals surface area contributed by atoms with Crippen LogP contribution in [0.25, 0.3) is 0 Å². The molecular weight excluding hydrogens is 324 g/mol. The Morgan fingerprint density at radius 1 is 1.08 bits per heavy atom. The van der Waals surface area contributed by atoms with Gasteiger partial charge in [0.2, 0.25) is 10.0 Å². The molecule has 0 N–H and O–H groups in total. The van der Waals surface area contributed by atoms with Crippen molar-refractivity contribution in [1.29, 1.82) is 0 Å². The molecule has 6 heteroatoms. The zero-order chi connectivity index (χ0) is 17.5. The van der Waals surface area contributed by atoms with E-state index in [0.29, 0.717) is 5.56 Å². The lowest BCUT2D eigenvalue weighted by atomic mass is 10.1. The van der Waals surface area contributed by atoms with Crippen molar-refractivity contribution in [1.82, 2.24) is 4.31 Å². The van der Waals surface area contributed by atoms with Gasteiger partial charge < -0.3 is 4.90 Å². The monoisotopic (exact) mass is 344 g/mol. The molecule has 0 fully saturated rings. The van der Waals surface area contributed by atoms with Gasteiger partial charge in [0, 0.05) is 31.4 Å². The zero-order valence-electron chi connectivity index (χ0n) is 13.9. The van der Waals surface area contributed by atoms with Crippen molar-refractivity contribution < 1.29 is 13.2 Å². The molecule has 0 bridgehead atoms. The fraction of sp³-hybridized carbons (Fsp3) is 0.278. The smallest absolute Gasteiger partial charge is 0.258 e. The summed E-state index contributed by atoms with van der Waals surface area (Å²) in [6, 6.07) is 14.1. The molecule has 2 aromatic rings. The highest BCUT2D eigenvalue weighted by Crippen LogP contribution is 2.33. The summed E-state index contributed by atoms with van der Waals surface area (Å²) < 4.78 is 25.4. The first kappa shape index (κ1) is 16.7. The lowest BCUT2D eigenvalue weighted by Gasteiger charge is -2.23. The Labute approximate surface area is 142 Å². The number of sulfonamides is 1. The van der Waals surface area contributed by atoms with Crippen LogP contribution in [0.5, 0.6) is 0 Å². The summed E-state index contributed by atoms with van der Waals surface area (Å²) in [5.41, 5.74) is 2.57. The van der Waals surface area contributed by atoms with Crippen LogP contribution in [0.15, 0.2) is 53.4 Å². The number of carbonyl (C=O) groups is 1. The third-order valence-electron chi connectivity index (χ3n) is 4.31. The number of benzene rings is 2. The molecular formula is C18H20N2O3S. The molecule has 0 spiro atoms. The van der Waals surface area contributed by atoms with E-state index in [9.17, 15) is 13.2 Å². The maximum atomic E-state index is 12.9. The van der Waals surface area contributed by atoms with Crippen LogP contribution in [0.4, 0.5) is 5.69 Å². The molecule has 1 heterocycles. The fourth-order valence-corrected chi connectivity index (χ4v) is 3.90. The summed E-state index contributed by atoms with van der Waals surface area (Å²) in [5.74, 6) is -0.110. The maximum absolute atomic E-state index is 12.9. The number of fused-ring (bicyclic) bond motifs is 1. The van der Waals surface area contributed by atoms with E-state index in [1.807, 2.05) is 31.2 Å². The van der Waals surface area contributed by atoms with E-state index in [1.165, 1.54) is 26.2 Å². The molecule has 1 atom stereocenters. The van der Waals surface area contributed by atoms with Gasteiger partial charge in [-0.1, -0.05) is 18.2 Å². The van der Waals surface area contributed by atoms with Gasteiger partial charge in [0.05, 0.1) is 4.90 Å². The molecule has 24 heavy (non-hydrogen) atoms.